The summed E-state index contributed by atoms with van der Waals surface area (Å²) in [5.74, 6) is 0.524. The topological polar surface area (TPSA) is 130 Å². The summed E-state index contributed by atoms with van der Waals surface area (Å²) in [4.78, 5) is 0. The quantitative estimate of drug-likeness (QED) is 0.614. The molecule has 0 spiro atoms. The monoisotopic (exact) mass is 360 g/mol. The average Bonchev–Trinajstić information content (AvgIpc) is 2.55. The maximum absolute atomic E-state index is 11.3. The third kappa shape index (κ3) is 4.46. The molecule has 2 aromatic rings. The normalized spacial score (nSPS) is 11.2. The van der Waals surface area contributed by atoms with Crippen LogP contribution in [0.4, 0.5) is 0 Å². The molecule has 0 fully saturated rings. The summed E-state index contributed by atoms with van der Waals surface area (Å²) in [7, 11) is -4.79. The fourth-order valence-electron chi connectivity index (χ4n) is 2.26. The van der Waals surface area contributed by atoms with Crippen LogP contribution in [0.25, 0.3) is 0 Å². The maximum Gasteiger partial charge on any atom is 0.398 e. The first kappa shape index (κ1) is 18.2. The average molecular weight is 360 g/mol. The second-order valence-corrected chi connectivity index (χ2v) is 6.00. The van der Waals surface area contributed by atoms with E-state index in [0.29, 0.717) is 11.1 Å². The smallest absolute Gasteiger partial charge is 0.388 e. The summed E-state index contributed by atoms with van der Waals surface area (Å²) in [6.07, 6.45) is 3.05. The molecule has 128 valence electrons. The summed E-state index contributed by atoms with van der Waals surface area (Å²) in [5, 5.41) is 17.0. The van der Waals surface area contributed by atoms with Gasteiger partial charge in [-0.15, -0.1) is 10.5 Å². The van der Waals surface area contributed by atoms with E-state index in [4.69, 9.17) is 19.3 Å². The molecular weight excluding hydrogens is 348 g/mol. The maximum atomic E-state index is 11.3. The Morgan fingerprint density at radius 3 is 1.52 bits per heavy atom. The largest absolute Gasteiger partial charge is 0.398 e. The van der Waals surface area contributed by atoms with Crippen LogP contribution in [0, 0.1) is 23.0 Å². The Balaban J connectivity index is 2.50. The van der Waals surface area contributed by atoms with Crippen molar-refractivity contribution in [1.82, 2.24) is 0 Å². The molecule has 0 saturated carbocycles. The molecule has 2 aromatic carbocycles. The Kier molecular flexibility index (Phi) is 5.25. The predicted molar refractivity (Wildman–Crippen MR) is 84.5 cm³/mol. The molecule has 8 nitrogen and oxygen atoms in total. The fraction of sp³-hybridized carbons (Fsp3) is 0.125. The SMILES string of the molecule is CC(OS(=O)(=O)O)(c1ccc(OC#N)cc1)c1ccc(OC#N)cc1. The van der Waals surface area contributed by atoms with Crippen LogP contribution in [0.3, 0.4) is 0 Å². The Morgan fingerprint density at radius 1 is 0.880 bits per heavy atom. The fourth-order valence-corrected chi connectivity index (χ4v) is 2.87. The van der Waals surface area contributed by atoms with Crippen LogP contribution in [0.2, 0.25) is 0 Å². The van der Waals surface area contributed by atoms with Gasteiger partial charge in [0, 0.05) is 0 Å². The number of ether oxygens (including phenoxy) is 2. The van der Waals surface area contributed by atoms with Gasteiger partial charge in [0.05, 0.1) is 0 Å². The van der Waals surface area contributed by atoms with Crippen LogP contribution < -0.4 is 9.47 Å². The van der Waals surface area contributed by atoms with E-state index in [1.165, 1.54) is 68.0 Å². The van der Waals surface area contributed by atoms with Gasteiger partial charge in [-0.3, -0.25) is 4.55 Å². The van der Waals surface area contributed by atoms with Crippen molar-refractivity contribution >= 4 is 10.4 Å². The Bertz CT molecular complexity index is 865. The van der Waals surface area contributed by atoms with Gasteiger partial charge in [-0.2, -0.15) is 8.42 Å². The van der Waals surface area contributed by atoms with Crippen LogP contribution >= 0.6 is 0 Å². The van der Waals surface area contributed by atoms with Gasteiger partial charge in [-0.25, -0.2) is 4.18 Å². The van der Waals surface area contributed by atoms with E-state index in [-0.39, 0.29) is 11.5 Å². The summed E-state index contributed by atoms with van der Waals surface area (Å²) in [5.41, 5.74) is -0.807. The third-order valence-corrected chi connectivity index (χ3v) is 3.95. The zero-order valence-corrected chi connectivity index (χ0v) is 13.7. The van der Waals surface area contributed by atoms with E-state index in [1.54, 1.807) is 0 Å². The Hall–Kier alpha value is -3.11. The second kappa shape index (κ2) is 7.20. The molecular formula is C16H12N2O6S. The molecule has 0 aromatic heterocycles. The molecule has 0 unspecified atom stereocenters. The van der Waals surface area contributed by atoms with E-state index in [1.807, 2.05) is 0 Å². The lowest BCUT2D eigenvalue weighted by molar-refractivity contribution is 0.120. The van der Waals surface area contributed by atoms with Gasteiger partial charge in [0.1, 0.15) is 17.1 Å². The summed E-state index contributed by atoms with van der Waals surface area (Å²) in [6, 6.07) is 11.8. The number of hydrogen-bond donors (Lipinski definition) is 1. The predicted octanol–water partition coefficient (Wildman–Crippen LogP) is 2.49. The van der Waals surface area contributed by atoms with Crippen molar-refractivity contribution in [2.24, 2.45) is 0 Å². The molecule has 0 aliphatic heterocycles. The Labute approximate surface area is 144 Å². The van der Waals surface area contributed by atoms with E-state index < -0.39 is 16.0 Å². The molecule has 0 aliphatic rings. The van der Waals surface area contributed by atoms with Crippen molar-refractivity contribution < 1.29 is 26.6 Å². The molecule has 0 atom stereocenters. The number of rotatable bonds is 6. The molecule has 25 heavy (non-hydrogen) atoms. The Morgan fingerprint density at radius 2 is 1.24 bits per heavy atom. The van der Waals surface area contributed by atoms with Crippen LogP contribution in [-0.4, -0.2) is 13.0 Å². The van der Waals surface area contributed by atoms with E-state index in [0.717, 1.165) is 0 Å². The van der Waals surface area contributed by atoms with Crippen LogP contribution in [0.1, 0.15) is 18.1 Å². The lowest BCUT2D eigenvalue weighted by Crippen LogP contribution is -2.30. The van der Waals surface area contributed by atoms with E-state index in [9.17, 15) is 8.42 Å². The van der Waals surface area contributed by atoms with Crippen LogP contribution in [-0.2, 0) is 20.2 Å². The summed E-state index contributed by atoms with van der Waals surface area (Å²) >= 11 is 0. The highest BCUT2D eigenvalue weighted by Gasteiger charge is 2.35. The number of benzene rings is 2. The van der Waals surface area contributed by atoms with Crippen molar-refractivity contribution in [3.8, 4) is 24.0 Å². The first-order chi connectivity index (χ1) is 11.8. The van der Waals surface area contributed by atoms with Gasteiger partial charge in [-0.1, -0.05) is 24.3 Å². The summed E-state index contributed by atoms with van der Waals surface area (Å²) < 4.78 is 46.1. The van der Waals surface area contributed by atoms with Gasteiger partial charge >= 0.3 is 10.4 Å². The molecule has 0 saturated heterocycles. The lowest BCUT2D eigenvalue weighted by atomic mass is 9.88. The highest BCUT2D eigenvalue weighted by atomic mass is 32.3. The zero-order chi connectivity index (χ0) is 18.5. The second-order valence-electron chi connectivity index (χ2n) is 4.98. The highest BCUT2D eigenvalue weighted by molar-refractivity contribution is 7.80. The minimum atomic E-state index is -4.79. The molecule has 0 aliphatic carbocycles. The summed E-state index contributed by atoms with van der Waals surface area (Å²) in [6.45, 7) is 1.45. The molecule has 0 radical (unpaired) electrons. The molecule has 9 heteroatoms. The van der Waals surface area contributed by atoms with Gasteiger partial charge in [0.2, 0.25) is 0 Å². The minimum absolute atomic E-state index is 0.262. The minimum Gasteiger partial charge on any atom is -0.388 e. The molecule has 1 N–H and O–H groups in total. The van der Waals surface area contributed by atoms with Crippen LogP contribution in [0.5, 0.6) is 11.5 Å². The molecule has 0 heterocycles. The lowest BCUT2D eigenvalue weighted by Gasteiger charge is -2.29. The first-order valence-electron chi connectivity index (χ1n) is 6.79. The molecule has 0 bridgehead atoms. The third-order valence-electron chi connectivity index (χ3n) is 3.41. The van der Waals surface area contributed by atoms with Gasteiger partial charge in [0.25, 0.3) is 12.5 Å². The number of hydrogen-bond acceptors (Lipinski definition) is 7. The number of nitriles is 2. The van der Waals surface area contributed by atoms with Crippen LogP contribution in [0.15, 0.2) is 48.5 Å². The van der Waals surface area contributed by atoms with Crippen molar-refractivity contribution in [2.75, 3.05) is 0 Å². The van der Waals surface area contributed by atoms with Crippen molar-refractivity contribution in [3.05, 3.63) is 59.7 Å². The van der Waals surface area contributed by atoms with Crippen molar-refractivity contribution in [2.45, 2.75) is 12.5 Å². The van der Waals surface area contributed by atoms with E-state index in [2.05, 4.69) is 9.47 Å². The molecule has 0 amide bonds. The van der Waals surface area contributed by atoms with Gasteiger partial charge in [-0.05, 0) is 42.3 Å². The van der Waals surface area contributed by atoms with Gasteiger partial charge < -0.3 is 9.47 Å². The zero-order valence-electron chi connectivity index (χ0n) is 12.9. The first-order valence-corrected chi connectivity index (χ1v) is 8.16. The number of nitrogens with zero attached hydrogens (tertiary/aromatic N) is 2. The molecule has 2 rings (SSSR count). The highest BCUT2D eigenvalue weighted by Crippen LogP contribution is 2.36. The standard InChI is InChI=1S/C16H12N2O6S/c1-16(24-25(19,20)21,12-2-6-14(7-3-12)22-10-17)13-4-8-15(9-5-13)23-11-18/h2-9H,1H3,(H,19,20,21). The van der Waals surface area contributed by atoms with Crippen molar-refractivity contribution in [3.63, 3.8) is 0 Å². The van der Waals surface area contributed by atoms with Crippen molar-refractivity contribution in [1.29, 1.82) is 10.5 Å². The van der Waals surface area contributed by atoms with E-state index >= 15 is 0 Å². The van der Waals surface area contributed by atoms with Gasteiger partial charge in [0.15, 0.2) is 0 Å².